The van der Waals surface area contributed by atoms with Crippen LogP contribution in [0, 0.1) is 6.92 Å². The Morgan fingerprint density at radius 3 is 2.53 bits per heavy atom. The minimum absolute atomic E-state index is 0.0528. The molecule has 0 bridgehead atoms. The van der Waals surface area contributed by atoms with Gasteiger partial charge >= 0.3 is 0 Å². The van der Waals surface area contributed by atoms with E-state index in [1.165, 1.54) is 24.5 Å². The lowest BCUT2D eigenvalue weighted by atomic mass is 10.4. The number of hydrogen-bond donors (Lipinski definition) is 1. The van der Waals surface area contributed by atoms with Crippen LogP contribution in [-0.4, -0.2) is 23.4 Å². The van der Waals surface area contributed by atoms with Crippen LogP contribution in [0.25, 0.3) is 0 Å². The summed E-state index contributed by atoms with van der Waals surface area (Å²) in [6.45, 7) is 1.87. The number of sulfonamides is 1. The highest BCUT2D eigenvalue weighted by molar-refractivity contribution is 7.89. The van der Waals surface area contributed by atoms with Gasteiger partial charge in [-0.1, -0.05) is 11.6 Å². The van der Waals surface area contributed by atoms with Gasteiger partial charge in [0.25, 0.3) is 0 Å². The molecule has 19 heavy (non-hydrogen) atoms. The molecule has 0 radical (unpaired) electrons. The second-order valence-corrected chi connectivity index (χ2v) is 5.94. The fourth-order valence-electron chi connectivity index (χ4n) is 1.28. The third-order valence-electron chi connectivity index (χ3n) is 2.29. The molecule has 1 N–H and O–H groups in total. The molecule has 2 aromatic heterocycles. The SMILES string of the molecule is Cc1cnc(CNS(=O)(=O)c2ccc(Cl)nc2)cn1. The highest BCUT2D eigenvalue weighted by Crippen LogP contribution is 2.10. The van der Waals surface area contributed by atoms with E-state index in [2.05, 4.69) is 19.7 Å². The zero-order chi connectivity index (χ0) is 13.9. The lowest BCUT2D eigenvalue weighted by Gasteiger charge is -2.06. The third-order valence-corrected chi connectivity index (χ3v) is 3.90. The summed E-state index contributed by atoms with van der Waals surface area (Å²) in [5.74, 6) is 0. The van der Waals surface area contributed by atoms with Crippen LogP contribution >= 0.6 is 11.6 Å². The first-order chi connectivity index (χ1) is 8.97. The molecule has 0 aromatic carbocycles. The van der Waals surface area contributed by atoms with Gasteiger partial charge in [0, 0.05) is 12.4 Å². The highest BCUT2D eigenvalue weighted by atomic mass is 35.5. The molecule has 0 aliphatic carbocycles. The maximum Gasteiger partial charge on any atom is 0.242 e. The van der Waals surface area contributed by atoms with Gasteiger partial charge in [0.2, 0.25) is 10.0 Å². The van der Waals surface area contributed by atoms with Crippen LogP contribution in [0.2, 0.25) is 5.15 Å². The fraction of sp³-hybridized carbons (Fsp3) is 0.182. The van der Waals surface area contributed by atoms with Gasteiger partial charge in [0.05, 0.1) is 24.1 Å². The lowest BCUT2D eigenvalue weighted by molar-refractivity contribution is 0.580. The van der Waals surface area contributed by atoms with E-state index in [9.17, 15) is 8.42 Å². The van der Waals surface area contributed by atoms with E-state index >= 15 is 0 Å². The van der Waals surface area contributed by atoms with Crippen molar-refractivity contribution in [2.24, 2.45) is 0 Å². The monoisotopic (exact) mass is 298 g/mol. The number of hydrogen-bond acceptors (Lipinski definition) is 5. The molecule has 0 saturated heterocycles. The molecule has 6 nitrogen and oxygen atoms in total. The van der Waals surface area contributed by atoms with Crippen LogP contribution in [0.1, 0.15) is 11.4 Å². The Morgan fingerprint density at radius 2 is 1.95 bits per heavy atom. The van der Waals surface area contributed by atoms with Gasteiger partial charge in [-0.25, -0.2) is 18.1 Å². The lowest BCUT2D eigenvalue weighted by Crippen LogP contribution is -2.24. The first-order valence-electron chi connectivity index (χ1n) is 5.36. The van der Waals surface area contributed by atoms with E-state index < -0.39 is 10.0 Å². The van der Waals surface area contributed by atoms with Crippen LogP contribution in [0.3, 0.4) is 0 Å². The zero-order valence-corrected chi connectivity index (χ0v) is 11.6. The van der Waals surface area contributed by atoms with E-state index in [1.807, 2.05) is 0 Å². The van der Waals surface area contributed by atoms with E-state index in [0.29, 0.717) is 5.69 Å². The standard InChI is InChI=1S/C11H11ClN4O2S/c1-8-4-14-9(5-13-8)6-16-19(17,18)10-2-3-11(12)15-7-10/h2-5,7,16H,6H2,1H3. The van der Waals surface area contributed by atoms with Gasteiger partial charge in [0.15, 0.2) is 0 Å². The van der Waals surface area contributed by atoms with Crippen molar-refractivity contribution >= 4 is 21.6 Å². The summed E-state index contributed by atoms with van der Waals surface area (Å²) in [4.78, 5) is 11.9. The smallest absolute Gasteiger partial charge is 0.242 e. The van der Waals surface area contributed by atoms with Gasteiger partial charge in [-0.2, -0.15) is 0 Å². The molecular weight excluding hydrogens is 288 g/mol. The van der Waals surface area contributed by atoms with Crippen molar-refractivity contribution in [2.75, 3.05) is 0 Å². The summed E-state index contributed by atoms with van der Waals surface area (Å²) in [7, 11) is -3.62. The highest BCUT2D eigenvalue weighted by Gasteiger charge is 2.14. The number of nitrogens with one attached hydrogen (secondary N) is 1. The van der Waals surface area contributed by atoms with Crippen molar-refractivity contribution in [3.63, 3.8) is 0 Å². The second-order valence-electron chi connectivity index (χ2n) is 3.79. The average molecular weight is 299 g/mol. The Balaban J connectivity index is 2.09. The fourth-order valence-corrected chi connectivity index (χ4v) is 2.34. The van der Waals surface area contributed by atoms with Crippen molar-refractivity contribution in [1.29, 1.82) is 0 Å². The normalized spacial score (nSPS) is 11.5. The van der Waals surface area contributed by atoms with E-state index in [0.717, 1.165) is 5.69 Å². The van der Waals surface area contributed by atoms with Gasteiger partial charge in [-0.15, -0.1) is 0 Å². The summed E-state index contributed by atoms with van der Waals surface area (Å²) in [5.41, 5.74) is 1.31. The maximum absolute atomic E-state index is 11.9. The quantitative estimate of drug-likeness (QED) is 0.860. The number of nitrogens with zero attached hydrogens (tertiary/aromatic N) is 3. The largest absolute Gasteiger partial charge is 0.258 e. The van der Waals surface area contributed by atoms with Crippen molar-refractivity contribution < 1.29 is 8.42 Å². The molecule has 0 aliphatic heterocycles. The minimum atomic E-state index is -3.62. The summed E-state index contributed by atoms with van der Waals surface area (Å²) in [6.07, 6.45) is 4.30. The van der Waals surface area contributed by atoms with Crippen molar-refractivity contribution in [3.8, 4) is 0 Å². The first-order valence-corrected chi connectivity index (χ1v) is 7.22. The Labute approximate surface area is 115 Å². The van der Waals surface area contributed by atoms with Crippen molar-refractivity contribution in [2.45, 2.75) is 18.4 Å². The number of halogens is 1. The Bertz CT molecular complexity index is 656. The molecule has 0 saturated carbocycles. The van der Waals surface area contributed by atoms with Crippen LogP contribution in [-0.2, 0) is 16.6 Å². The molecule has 100 valence electrons. The number of aromatic nitrogens is 3. The Kier molecular flexibility index (Phi) is 4.08. The molecule has 0 aliphatic rings. The van der Waals surface area contributed by atoms with Crippen molar-refractivity contribution in [3.05, 3.63) is 47.3 Å². The Hall–Kier alpha value is -1.57. The van der Waals surface area contributed by atoms with Crippen LogP contribution in [0.15, 0.2) is 35.6 Å². The van der Waals surface area contributed by atoms with Crippen LogP contribution in [0.5, 0.6) is 0 Å². The number of rotatable bonds is 4. The summed E-state index contributed by atoms with van der Waals surface area (Å²) in [6, 6.07) is 2.81. The van der Waals surface area contributed by atoms with E-state index in [4.69, 9.17) is 11.6 Å². The van der Waals surface area contributed by atoms with Gasteiger partial charge in [0.1, 0.15) is 10.0 Å². The van der Waals surface area contributed by atoms with E-state index in [1.54, 1.807) is 13.1 Å². The minimum Gasteiger partial charge on any atom is -0.258 e. The van der Waals surface area contributed by atoms with Crippen LogP contribution < -0.4 is 4.72 Å². The molecule has 8 heteroatoms. The predicted octanol–water partition coefficient (Wildman–Crippen LogP) is 1.31. The average Bonchev–Trinajstić information content (AvgIpc) is 2.39. The summed E-state index contributed by atoms with van der Waals surface area (Å²) < 4.78 is 26.3. The maximum atomic E-state index is 11.9. The zero-order valence-electron chi connectivity index (χ0n) is 10.0. The molecule has 2 heterocycles. The second kappa shape index (κ2) is 5.60. The molecular formula is C11H11ClN4O2S. The molecule has 0 fully saturated rings. The first kappa shape index (κ1) is 13.9. The summed E-state index contributed by atoms with van der Waals surface area (Å²) >= 11 is 5.60. The molecule has 0 amide bonds. The van der Waals surface area contributed by atoms with Crippen molar-refractivity contribution in [1.82, 2.24) is 19.7 Å². The van der Waals surface area contributed by atoms with Crippen LogP contribution in [0.4, 0.5) is 0 Å². The van der Waals surface area contributed by atoms with Gasteiger partial charge in [-0.05, 0) is 19.1 Å². The molecule has 0 atom stereocenters. The summed E-state index contributed by atoms with van der Waals surface area (Å²) in [5, 5.41) is 0.239. The predicted molar refractivity (Wildman–Crippen MR) is 70.0 cm³/mol. The molecule has 0 spiro atoms. The van der Waals surface area contributed by atoms with E-state index in [-0.39, 0.29) is 16.6 Å². The number of pyridine rings is 1. The van der Waals surface area contributed by atoms with Gasteiger partial charge in [-0.3, -0.25) is 9.97 Å². The number of aryl methyl sites for hydroxylation is 1. The third kappa shape index (κ3) is 3.69. The molecule has 2 aromatic rings. The topological polar surface area (TPSA) is 84.8 Å². The molecule has 0 unspecified atom stereocenters. The van der Waals surface area contributed by atoms with Gasteiger partial charge < -0.3 is 0 Å². The Morgan fingerprint density at radius 1 is 1.16 bits per heavy atom. The molecule has 2 rings (SSSR count).